The van der Waals surface area contributed by atoms with Gasteiger partial charge in [0.1, 0.15) is 4.90 Å². The summed E-state index contributed by atoms with van der Waals surface area (Å²) in [7, 11) is -4.16. The van der Waals surface area contributed by atoms with Crippen molar-refractivity contribution in [3.8, 4) is 11.8 Å². The molecule has 2 aromatic rings. The predicted octanol–water partition coefficient (Wildman–Crippen LogP) is 2.27. The van der Waals surface area contributed by atoms with Crippen molar-refractivity contribution in [2.75, 3.05) is 6.54 Å². The molecule has 0 aliphatic carbocycles. The Morgan fingerprint density at radius 3 is 2.71 bits per heavy atom. The van der Waals surface area contributed by atoms with Crippen molar-refractivity contribution >= 4 is 27.6 Å². The van der Waals surface area contributed by atoms with Crippen molar-refractivity contribution in [2.45, 2.75) is 11.3 Å². The van der Waals surface area contributed by atoms with Gasteiger partial charge in [-0.15, -0.1) is 0 Å². The lowest BCUT2D eigenvalue weighted by Gasteiger charge is -2.17. The first-order valence-corrected chi connectivity index (χ1v) is 8.74. The Balaban J connectivity index is 1.96. The third-order valence-corrected chi connectivity index (χ3v) is 5.08. The minimum atomic E-state index is -4.16. The number of benzene rings is 2. The molecule has 1 aliphatic heterocycles. The lowest BCUT2D eigenvalue weighted by Crippen LogP contribution is -2.32. The van der Waals surface area contributed by atoms with E-state index in [0.717, 1.165) is 5.56 Å². The number of nitrogens with zero attached hydrogens (tertiary/aromatic N) is 1. The molecular weight excluding hydrogens is 352 g/mol. The Labute approximate surface area is 143 Å². The molecule has 122 valence electrons. The van der Waals surface area contributed by atoms with Crippen molar-refractivity contribution in [3.63, 3.8) is 0 Å². The number of nitrogens with one attached hydrogen (secondary N) is 1. The van der Waals surface area contributed by atoms with Gasteiger partial charge in [-0.05, 0) is 42.3 Å². The maximum Gasteiger partial charge on any atom is 0.339 e. The first kappa shape index (κ1) is 16.3. The maximum atomic E-state index is 12.4. The van der Waals surface area contributed by atoms with Gasteiger partial charge >= 0.3 is 10.1 Å². The van der Waals surface area contributed by atoms with E-state index in [4.69, 9.17) is 21.0 Å². The lowest BCUT2D eigenvalue weighted by molar-refractivity contribution is 0.0945. The summed E-state index contributed by atoms with van der Waals surface area (Å²) in [5.41, 5.74) is 1.39. The number of rotatable bonds is 3. The second kappa shape index (κ2) is 6.15. The molecule has 8 heteroatoms. The van der Waals surface area contributed by atoms with E-state index in [1.165, 1.54) is 30.3 Å². The highest BCUT2D eigenvalue weighted by molar-refractivity contribution is 7.87. The van der Waals surface area contributed by atoms with Crippen LogP contribution in [-0.4, -0.2) is 20.9 Å². The van der Waals surface area contributed by atoms with Gasteiger partial charge in [-0.1, -0.05) is 17.7 Å². The molecule has 0 bridgehead atoms. The summed E-state index contributed by atoms with van der Waals surface area (Å²) in [6, 6.07) is 10.2. The lowest BCUT2D eigenvalue weighted by atomic mass is 10.0. The fourth-order valence-corrected chi connectivity index (χ4v) is 3.59. The zero-order valence-corrected chi connectivity index (χ0v) is 13.8. The van der Waals surface area contributed by atoms with Gasteiger partial charge in [0.15, 0.2) is 5.75 Å². The molecule has 1 heterocycles. The standard InChI is InChI=1S/C16H11ClN2O4S/c17-14-7-10(9-18)1-4-15(14)23-24(21,22)12-3-2-11-5-6-19-16(20)13(11)8-12/h1-4,7-8H,5-6H2,(H,19,20). The van der Waals surface area contributed by atoms with E-state index in [9.17, 15) is 13.2 Å². The van der Waals surface area contributed by atoms with Crippen molar-refractivity contribution < 1.29 is 17.4 Å². The summed E-state index contributed by atoms with van der Waals surface area (Å²) >= 11 is 5.94. The van der Waals surface area contributed by atoms with E-state index in [1.807, 2.05) is 6.07 Å². The van der Waals surface area contributed by atoms with Gasteiger partial charge in [-0.3, -0.25) is 4.79 Å². The van der Waals surface area contributed by atoms with Gasteiger partial charge in [-0.25, -0.2) is 0 Å². The van der Waals surface area contributed by atoms with Gasteiger partial charge in [0.05, 0.1) is 16.7 Å². The first-order chi connectivity index (χ1) is 11.4. The van der Waals surface area contributed by atoms with Crippen LogP contribution in [0.5, 0.6) is 5.75 Å². The highest BCUT2D eigenvalue weighted by atomic mass is 35.5. The van der Waals surface area contributed by atoms with Crippen LogP contribution in [0.25, 0.3) is 0 Å². The molecule has 6 nitrogen and oxygen atoms in total. The van der Waals surface area contributed by atoms with E-state index in [2.05, 4.69) is 5.32 Å². The van der Waals surface area contributed by atoms with E-state index >= 15 is 0 Å². The molecule has 1 aliphatic rings. The fraction of sp³-hybridized carbons (Fsp3) is 0.125. The molecule has 1 amide bonds. The molecule has 0 radical (unpaired) electrons. The van der Waals surface area contributed by atoms with Gasteiger partial charge in [0, 0.05) is 12.1 Å². The van der Waals surface area contributed by atoms with Crippen LogP contribution in [0.4, 0.5) is 0 Å². The predicted molar refractivity (Wildman–Crippen MR) is 86.5 cm³/mol. The van der Waals surface area contributed by atoms with Gasteiger partial charge in [0.25, 0.3) is 5.91 Å². The van der Waals surface area contributed by atoms with Crippen LogP contribution in [0.3, 0.4) is 0 Å². The number of hydrogen-bond donors (Lipinski definition) is 1. The third-order valence-electron chi connectivity index (χ3n) is 3.55. The molecule has 0 atom stereocenters. The summed E-state index contributed by atoms with van der Waals surface area (Å²) in [4.78, 5) is 11.7. The molecule has 2 aromatic carbocycles. The van der Waals surface area contributed by atoms with Gasteiger partial charge in [0.2, 0.25) is 0 Å². The zero-order chi connectivity index (χ0) is 17.3. The normalized spacial score (nSPS) is 13.6. The molecule has 0 saturated carbocycles. The second-order valence-corrected chi connectivity index (χ2v) is 7.07. The topological polar surface area (TPSA) is 96.3 Å². The smallest absolute Gasteiger partial charge is 0.339 e. The number of fused-ring (bicyclic) bond motifs is 1. The van der Waals surface area contributed by atoms with E-state index in [0.29, 0.717) is 18.5 Å². The molecule has 0 aromatic heterocycles. The number of halogens is 1. The zero-order valence-electron chi connectivity index (χ0n) is 12.2. The monoisotopic (exact) mass is 362 g/mol. The fourth-order valence-electron chi connectivity index (χ4n) is 2.35. The van der Waals surface area contributed by atoms with E-state index in [1.54, 1.807) is 6.07 Å². The quantitative estimate of drug-likeness (QED) is 0.845. The van der Waals surface area contributed by atoms with Crippen LogP contribution in [0.1, 0.15) is 21.5 Å². The molecule has 0 spiro atoms. The Morgan fingerprint density at radius 1 is 1.21 bits per heavy atom. The Hall–Kier alpha value is -2.56. The summed E-state index contributed by atoms with van der Waals surface area (Å²) < 4.78 is 29.9. The van der Waals surface area contributed by atoms with Gasteiger partial charge < -0.3 is 9.50 Å². The minimum Gasteiger partial charge on any atom is -0.377 e. The SMILES string of the molecule is N#Cc1ccc(OS(=O)(=O)c2ccc3c(c2)C(=O)NCC3)c(Cl)c1. The number of amides is 1. The first-order valence-electron chi connectivity index (χ1n) is 6.96. The highest BCUT2D eigenvalue weighted by Crippen LogP contribution is 2.29. The van der Waals surface area contributed by atoms with Crippen molar-refractivity contribution in [1.29, 1.82) is 5.26 Å². The minimum absolute atomic E-state index is 0.00771. The van der Waals surface area contributed by atoms with Crippen LogP contribution in [0.15, 0.2) is 41.3 Å². The number of carbonyl (C=O) groups excluding carboxylic acids is 1. The summed E-state index contributed by atoms with van der Waals surface area (Å²) in [5.74, 6) is -0.400. The molecule has 3 rings (SSSR count). The number of carbonyl (C=O) groups is 1. The molecular formula is C16H11ClN2O4S. The largest absolute Gasteiger partial charge is 0.377 e. The average Bonchev–Trinajstić information content (AvgIpc) is 2.56. The van der Waals surface area contributed by atoms with Crippen LogP contribution in [0, 0.1) is 11.3 Å². The van der Waals surface area contributed by atoms with Crippen LogP contribution in [0.2, 0.25) is 5.02 Å². The Morgan fingerprint density at radius 2 is 2.00 bits per heavy atom. The summed E-state index contributed by atoms with van der Waals surface area (Å²) in [5, 5.41) is 11.5. The van der Waals surface area contributed by atoms with Crippen molar-refractivity contribution in [2.24, 2.45) is 0 Å². The molecule has 0 saturated heterocycles. The second-order valence-electron chi connectivity index (χ2n) is 5.12. The summed E-state index contributed by atoms with van der Waals surface area (Å²) in [6.45, 7) is 0.523. The average molecular weight is 363 g/mol. The molecule has 0 fully saturated rings. The van der Waals surface area contributed by atoms with Crippen molar-refractivity contribution in [1.82, 2.24) is 5.32 Å². The van der Waals surface area contributed by atoms with Gasteiger partial charge in [-0.2, -0.15) is 13.7 Å². The van der Waals surface area contributed by atoms with Crippen LogP contribution >= 0.6 is 11.6 Å². The van der Waals surface area contributed by atoms with E-state index < -0.39 is 10.1 Å². The molecule has 0 unspecified atom stereocenters. The Bertz CT molecular complexity index is 980. The van der Waals surface area contributed by atoms with E-state index in [-0.39, 0.29) is 27.1 Å². The van der Waals surface area contributed by atoms with Crippen LogP contribution in [-0.2, 0) is 16.5 Å². The van der Waals surface area contributed by atoms with Crippen LogP contribution < -0.4 is 9.50 Å². The molecule has 1 N–H and O–H groups in total. The Kier molecular flexibility index (Phi) is 4.18. The number of hydrogen-bond acceptors (Lipinski definition) is 5. The third kappa shape index (κ3) is 3.07. The molecule has 24 heavy (non-hydrogen) atoms. The van der Waals surface area contributed by atoms with Crippen molar-refractivity contribution in [3.05, 3.63) is 58.1 Å². The highest BCUT2D eigenvalue weighted by Gasteiger charge is 2.23. The summed E-state index contributed by atoms with van der Waals surface area (Å²) in [6.07, 6.45) is 0.643. The maximum absolute atomic E-state index is 12.4. The number of nitriles is 1.